The molecule has 14 heavy (non-hydrogen) atoms. The van der Waals surface area contributed by atoms with Crippen LogP contribution in [0.2, 0.25) is 0 Å². The van der Waals surface area contributed by atoms with Gasteiger partial charge in [-0.05, 0) is 18.8 Å². The van der Waals surface area contributed by atoms with Crippen LogP contribution >= 0.6 is 0 Å². The van der Waals surface area contributed by atoms with Gasteiger partial charge in [-0.25, -0.2) is 0 Å². The van der Waals surface area contributed by atoms with Gasteiger partial charge < -0.3 is 5.73 Å². The summed E-state index contributed by atoms with van der Waals surface area (Å²) in [7, 11) is 0. The van der Waals surface area contributed by atoms with Crippen molar-refractivity contribution in [2.24, 2.45) is 11.7 Å². The Labute approximate surface area is 91.5 Å². The average Bonchev–Trinajstić information content (AvgIpc) is 2.18. The van der Waals surface area contributed by atoms with E-state index >= 15 is 0 Å². The summed E-state index contributed by atoms with van der Waals surface area (Å²) >= 11 is 0. The van der Waals surface area contributed by atoms with Gasteiger partial charge in [-0.2, -0.15) is 0 Å². The lowest BCUT2D eigenvalue weighted by Gasteiger charge is -2.33. The summed E-state index contributed by atoms with van der Waals surface area (Å²) in [5.74, 6) is 0.615. The van der Waals surface area contributed by atoms with Crippen LogP contribution in [0, 0.1) is 5.92 Å². The first kappa shape index (κ1) is 16.4. The predicted molar refractivity (Wildman–Crippen MR) is 67.5 cm³/mol. The van der Waals surface area contributed by atoms with Crippen molar-refractivity contribution < 1.29 is 0 Å². The molecule has 2 N–H and O–H groups in total. The number of unbranched alkanes of at least 4 members (excludes halogenated alkanes) is 1. The largest absolute Gasteiger partial charge is 0.325 e. The lowest BCUT2D eigenvalue weighted by atomic mass is 9.79. The molecule has 0 saturated carbocycles. The summed E-state index contributed by atoms with van der Waals surface area (Å²) in [5, 5.41) is 0. The summed E-state index contributed by atoms with van der Waals surface area (Å²) in [6, 6.07) is 0. The van der Waals surface area contributed by atoms with Gasteiger partial charge in [0.25, 0.3) is 0 Å². The number of nitrogens with two attached hydrogens (primary N) is 1. The van der Waals surface area contributed by atoms with Gasteiger partial charge in [0.05, 0.1) is 0 Å². The zero-order chi connectivity index (χ0) is 11.6. The first-order valence-electron chi connectivity index (χ1n) is 6.35. The third-order valence-corrected chi connectivity index (χ3v) is 2.86. The van der Waals surface area contributed by atoms with Gasteiger partial charge in [-0.15, -0.1) is 0 Å². The first-order chi connectivity index (χ1) is 6.56. The van der Waals surface area contributed by atoms with Crippen molar-refractivity contribution in [2.45, 2.75) is 79.2 Å². The molecule has 1 heteroatoms. The molecule has 0 aromatic heterocycles. The maximum atomic E-state index is 6.34. The summed E-state index contributed by atoms with van der Waals surface area (Å²) in [6.45, 7) is 12.9. The normalized spacial score (nSPS) is 14.6. The summed E-state index contributed by atoms with van der Waals surface area (Å²) in [6.07, 6.45) is 6.10. The van der Waals surface area contributed by atoms with Crippen LogP contribution in [-0.2, 0) is 0 Å². The molecule has 0 aromatic rings. The molecule has 0 saturated heterocycles. The fourth-order valence-electron chi connectivity index (χ4n) is 1.67. The van der Waals surface area contributed by atoms with E-state index in [1.807, 2.05) is 13.8 Å². The maximum absolute atomic E-state index is 6.34. The van der Waals surface area contributed by atoms with Crippen LogP contribution in [0.25, 0.3) is 0 Å². The Bertz CT molecular complexity index is 110. The highest BCUT2D eigenvalue weighted by molar-refractivity contribution is 4.86. The molecule has 0 heterocycles. The molecule has 88 valence electrons. The minimum Gasteiger partial charge on any atom is -0.325 e. The van der Waals surface area contributed by atoms with Crippen LogP contribution in [0.15, 0.2) is 0 Å². The molecule has 0 aromatic carbocycles. The van der Waals surface area contributed by atoms with Gasteiger partial charge in [0.2, 0.25) is 0 Å². The van der Waals surface area contributed by atoms with Gasteiger partial charge in [0, 0.05) is 5.54 Å². The van der Waals surface area contributed by atoms with Crippen molar-refractivity contribution in [3.05, 3.63) is 0 Å². The molecule has 0 aliphatic rings. The molecule has 0 aliphatic heterocycles. The molecule has 0 rings (SSSR count). The van der Waals surface area contributed by atoms with Crippen molar-refractivity contribution in [1.82, 2.24) is 0 Å². The van der Waals surface area contributed by atoms with E-state index in [1.54, 1.807) is 0 Å². The minimum atomic E-state index is 0.102. The van der Waals surface area contributed by atoms with Crippen LogP contribution in [-0.4, -0.2) is 5.54 Å². The fourth-order valence-corrected chi connectivity index (χ4v) is 1.67. The molecule has 1 nitrogen and oxygen atoms in total. The van der Waals surface area contributed by atoms with Crippen molar-refractivity contribution in [3.63, 3.8) is 0 Å². The van der Waals surface area contributed by atoms with Crippen molar-refractivity contribution in [2.75, 3.05) is 0 Å². The van der Waals surface area contributed by atoms with Crippen molar-refractivity contribution >= 4 is 0 Å². The molecule has 1 unspecified atom stereocenters. The summed E-state index contributed by atoms with van der Waals surface area (Å²) < 4.78 is 0. The second-order valence-electron chi connectivity index (χ2n) is 4.24. The predicted octanol–water partition coefficient (Wildman–Crippen LogP) is 4.36. The lowest BCUT2D eigenvalue weighted by molar-refractivity contribution is 0.259. The smallest absolute Gasteiger partial charge is 0.0177 e. The second-order valence-corrected chi connectivity index (χ2v) is 4.24. The van der Waals surface area contributed by atoms with Gasteiger partial charge >= 0.3 is 0 Å². The molecule has 0 aliphatic carbocycles. The monoisotopic (exact) mass is 201 g/mol. The highest BCUT2D eigenvalue weighted by atomic mass is 14.7. The Morgan fingerprint density at radius 2 is 1.50 bits per heavy atom. The standard InChI is InChI=1S/C11H25N.C2H6/c1-5-7-9-11(12,8-6-2)10(3)4;1-2/h10H,5-9,12H2,1-4H3;1-2H3. The SMILES string of the molecule is CC.CCCCC(N)(CCC)C(C)C. The Hall–Kier alpha value is -0.0400. The first-order valence-corrected chi connectivity index (χ1v) is 6.35. The molecular formula is C13H31N. The van der Waals surface area contributed by atoms with E-state index in [2.05, 4.69) is 27.7 Å². The zero-order valence-electron chi connectivity index (χ0n) is 11.2. The number of hydrogen-bond donors (Lipinski definition) is 1. The van der Waals surface area contributed by atoms with E-state index in [-0.39, 0.29) is 5.54 Å². The van der Waals surface area contributed by atoms with E-state index in [0.29, 0.717) is 5.92 Å². The van der Waals surface area contributed by atoms with E-state index < -0.39 is 0 Å². The van der Waals surface area contributed by atoms with Gasteiger partial charge in [-0.1, -0.05) is 60.8 Å². The van der Waals surface area contributed by atoms with Crippen LogP contribution in [0.4, 0.5) is 0 Å². The minimum absolute atomic E-state index is 0.102. The summed E-state index contributed by atoms with van der Waals surface area (Å²) in [5.41, 5.74) is 6.44. The fraction of sp³-hybridized carbons (Fsp3) is 1.00. The molecular weight excluding hydrogens is 170 g/mol. The number of hydrogen-bond acceptors (Lipinski definition) is 1. The average molecular weight is 201 g/mol. The Kier molecular flexibility index (Phi) is 11.1. The summed E-state index contributed by atoms with van der Waals surface area (Å²) in [4.78, 5) is 0. The maximum Gasteiger partial charge on any atom is 0.0177 e. The van der Waals surface area contributed by atoms with Crippen LogP contribution in [0.5, 0.6) is 0 Å². The van der Waals surface area contributed by atoms with Gasteiger partial charge in [0.1, 0.15) is 0 Å². The Balaban J connectivity index is 0. The highest BCUT2D eigenvalue weighted by Crippen LogP contribution is 2.25. The highest BCUT2D eigenvalue weighted by Gasteiger charge is 2.26. The quantitative estimate of drug-likeness (QED) is 0.679. The molecule has 0 radical (unpaired) electrons. The van der Waals surface area contributed by atoms with E-state index in [4.69, 9.17) is 5.73 Å². The van der Waals surface area contributed by atoms with Gasteiger partial charge in [-0.3, -0.25) is 0 Å². The van der Waals surface area contributed by atoms with Crippen molar-refractivity contribution in [3.8, 4) is 0 Å². The van der Waals surface area contributed by atoms with Crippen LogP contribution in [0.1, 0.15) is 73.6 Å². The topological polar surface area (TPSA) is 26.0 Å². The van der Waals surface area contributed by atoms with E-state index in [0.717, 1.165) is 0 Å². The van der Waals surface area contributed by atoms with E-state index in [9.17, 15) is 0 Å². The second kappa shape index (κ2) is 9.51. The van der Waals surface area contributed by atoms with Crippen LogP contribution in [0.3, 0.4) is 0 Å². The number of rotatable bonds is 6. The third-order valence-electron chi connectivity index (χ3n) is 2.86. The molecule has 0 amide bonds. The third kappa shape index (κ3) is 6.42. The van der Waals surface area contributed by atoms with Crippen LogP contribution < -0.4 is 5.73 Å². The Morgan fingerprint density at radius 1 is 1.00 bits per heavy atom. The molecule has 0 fully saturated rings. The lowest BCUT2D eigenvalue weighted by Crippen LogP contribution is -2.44. The van der Waals surface area contributed by atoms with E-state index in [1.165, 1.54) is 32.1 Å². The zero-order valence-corrected chi connectivity index (χ0v) is 11.2. The van der Waals surface area contributed by atoms with Crippen molar-refractivity contribution in [1.29, 1.82) is 0 Å². The Morgan fingerprint density at radius 3 is 1.79 bits per heavy atom. The molecule has 0 bridgehead atoms. The van der Waals surface area contributed by atoms with Gasteiger partial charge in [0.15, 0.2) is 0 Å². The molecule has 0 spiro atoms. The molecule has 1 atom stereocenters.